The Morgan fingerprint density at radius 3 is 2.50 bits per heavy atom. The van der Waals surface area contributed by atoms with Crippen LogP contribution in [-0.2, 0) is 6.54 Å². The molecule has 1 aromatic rings. The quantitative estimate of drug-likeness (QED) is 0.864. The standard InChI is InChI=1S/C17H24N2S/c18-16(20)15-5-3-4-14(12-15)13-19-10-8-17(9-11-19)6-1-2-7-17/h3-5,12H,1-2,6-11,13H2,(H2,18,20). The Kier molecular flexibility index (Phi) is 4.08. The van der Waals surface area contributed by atoms with E-state index in [1.165, 1.54) is 57.2 Å². The predicted molar refractivity (Wildman–Crippen MR) is 87.7 cm³/mol. The fraction of sp³-hybridized carbons (Fsp3) is 0.588. The maximum atomic E-state index is 5.71. The van der Waals surface area contributed by atoms with Crippen LogP contribution in [-0.4, -0.2) is 23.0 Å². The Hall–Kier alpha value is -0.930. The summed E-state index contributed by atoms with van der Waals surface area (Å²) in [5.74, 6) is 0. The van der Waals surface area contributed by atoms with Crippen molar-refractivity contribution in [1.29, 1.82) is 0 Å². The second-order valence-electron chi connectivity index (χ2n) is 6.55. The molecule has 2 nitrogen and oxygen atoms in total. The molecule has 2 fully saturated rings. The van der Waals surface area contributed by atoms with Gasteiger partial charge < -0.3 is 5.73 Å². The first kappa shape index (κ1) is 14.0. The molecular formula is C17H24N2S. The average Bonchev–Trinajstić information content (AvgIpc) is 2.90. The van der Waals surface area contributed by atoms with E-state index in [1.54, 1.807) is 0 Å². The minimum absolute atomic E-state index is 0.496. The molecular weight excluding hydrogens is 264 g/mol. The monoisotopic (exact) mass is 288 g/mol. The van der Waals surface area contributed by atoms with Gasteiger partial charge in [-0.25, -0.2) is 0 Å². The molecule has 0 unspecified atom stereocenters. The number of thiocarbonyl (C=S) groups is 1. The normalized spacial score (nSPS) is 22.2. The molecule has 1 aliphatic heterocycles. The highest BCUT2D eigenvalue weighted by atomic mass is 32.1. The first-order valence-electron chi connectivity index (χ1n) is 7.78. The molecule has 1 saturated carbocycles. The number of hydrogen-bond acceptors (Lipinski definition) is 2. The molecule has 1 saturated heterocycles. The van der Waals surface area contributed by atoms with Gasteiger partial charge in [0.2, 0.25) is 0 Å². The fourth-order valence-electron chi connectivity index (χ4n) is 3.89. The molecule has 20 heavy (non-hydrogen) atoms. The van der Waals surface area contributed by atoms with E-state index < -0.39 is 0 Å². The van der Waals surface area contributed by atoms with Crippen LogP contribution in [0.5, 0.6) is 0 Å². The fourth-order valence-corrected chi connectivity index (χ4v) is 4.02. The summed E-state index contributed by atoms with van der Waals surface area (Å²) in [7, 11) is 0. The second-order valence-corrected chi connectivity index (χ2v) is 6.99. The van der Waals surface area contributed by atoms with Gasteiger partial charge in [0.15, 0.2) is 0 Å². The molecule has 2 aliphatic rings. The van der Waals surface area contributed by atoms with E-state index in [-0.39, 0.29) is 0 Å². The van der Waals surface area contributed by atoms with E-state index in [4.69, 9.17) is 18.0 Å². The Morgan fingerprint density at radius 1 is 1.15 bits per heavy atom. The van der Waals surface area contributed by atoms with Crippen LogP contribution < -0.4 is 5.73 Å². The number of likely N-dealkylation sites (tertiary alicyclic amines) is 1. The summed E-state index contributed by atoms with van der Waals surface area (Å²) < 4.78 is 0. The summed E-state index contributed by atoms with van der Waals surface area (Å²) in [5.41, 5.74) is 8.74. The molecule has 1 spiro atoms. The summed E-state index contributed by atoms with van der Waals surface area (Å²) in [4.78, 5) is 3.08. The topological polar surface area (TPSA) is 29.3 Å². The molecule has 0 atom stereocenters. The number of nitrogens with zero attached hydrogens (tertiary/aromatic N) is 1. The van der Waals surface area contributed by atoms with Gasteiger partial charge in [-0.05, 0) is 55.8 Å². The van der Waals surface area contributed by atoms with Gasteiger partial charge >= 0.3 is 0 Å². The zero-order valence-electron chi connectivity index (χ0n) is 12.1. The first-order valence-corrected chi connectivity index (χ1v) is 8.19. The minimum atomic E-state index is 0.496. The van der Waals surface area contributed by atoms with Crippen molar-refractivity contribution in [2.75, 3.05) is 13.1 Å². The Morgan fingerprint density at radius 2 is 1.85 bits per heavy atom. The maximum absolute atomic E-state index is 5.71. The Bertz CT molecular complexity index is 482. The van der Waals surface area contributed by atoms with Crippen LogP contribution in [0, 0.1) is 5.41 Å². The summed E-state index contributed by atoms with van der Waals surface area (Å²) in [6.07, 6.45) is 8.63. The molecule has 0 bridgehead atoms. The third kappa shape index (κ3) is 3.04. The van der Waals surface area contributed by atoms with E-state index in [0.717, 1.165) is 12.1 Å². The molecule has 3 rings (SSSR count). The van der Waals surface area contributed by atoms with Gasteiger partial charge in [-0.1, -0.05) is 43.3 Å². The van der Waals surface area contributed by atoms with Crippen LogP contribution in [0.25, 0.3) is 0 Å². The average molecular weight is 288 g/mol. The smallest absolute Gasteiger partial charge is 0.103 e. The van der Waals surface area contributed by atoms with Crippen LogP contribution in [0.4, 0.5) is 0 Å². The van der Waals surface area contributed by atoms with Crippen LogP contribution in [0.3, 0.4) is 0 Å². The highest BCUT2D eigenvalue weighted by Gasteiger charge is 2.36. The van der Waals surface area contributed by atoms with Crippen LogP contribution >= 0.6 is 12.2 Å². The lowest BCUT2D eigenvalue weighted by atomic mass is 9.77. The maximum Gasteiger partial charge on any atom is 0.103 e. The zero-order valence-corrected chi connectivity index (χ0v) is 12.9. The summed E-state index contributed by atoms with van der Waals surface area (Å²) in [5, 5.41) is 0. The van der Waals surface area contributed by atoms with Crippen molar-refractivity contribution in [3.63, 3.8) is 0 Å². The van der Waals surface area contributed by atoms with Gasteiger partial charge in [-0.2, -0.15) is 0 Å². The largest absolute Gasteiger partial charge is 0.389 e. The van der Waals surface area contributed by atoms with Crippen LogP contribution in [0.15, 0.2) is 24.3 Å². The summed E-state index contributed by atoms with van der Waals surface area (Å²) in [6.45, 7) is 3.53. The molecule has 0 radical (unpaired) electrons. The minimum Gasteiger partial charge on any atom is -0.389 e. The molecule has 0 amide bonds. The van der Waals surface area contributed by atoms with Crippen molar-refractivity contribution in [2.24, 2.45) is 11.1 Å². The van der Waals surface area contributed by atoms with Crippen molar-refractivity contribution < 1.29 is 0 Å². The van der Waals surface area contributed by atoms with Crippen molar-refractivity contribution in [3.8, 4) is 0 Å². The molecule has 2 N–H and O–H groups in total. The van der Waals surface area contributed by atoms with Gasteiger partial charge in [-0.15, -0.1) is 0 Å². The van der Waals surface area contributed by atoms with Gasteiger partial charge in [0.1, 0.15) is 4.99 Å². The third-order valence-corrected chi connectivity index (χ3v) is 5.43. The second kappa shape index (κ2) is 5.82. The number of benzene rings is 1. The third-order valence-electron chi connectivity index (χ3n) is 5.20. The lowest BCUT2D eigenvalue weighted by Crippen LogP contribution is -2.38. The Balaban J connectivity index is 1.59. The highest BCUT2D eigenvalue weighted by molar-refractivity contribution is 7.80. The van der Waals surface area contributed by atoms with Crippen LogP contribution in [0.2, 0.25) is 0 Å². The summed E-state index contributed by atoms with van der Waals surface area (Å²) in [6, 6.07) is 8.38. The van der Waals surface area contributed by atoms with Gasteiger partial charge in [0.05, 0.1) is 0 Å². The molecule has 1 aliphatic carbocycles. The zero-order chi connectivity index (χ0) is 14.0. The van der Waals surface area contributed by atoms with Gasteiger partial charge in [0.25, 0.3) is 0 Å². The van der Waals surface area contributed by atoms with E-state index in [2.05, 4.69) is 23.1 Å². The van der Waals surface area contributed by atoms with E-state index in [0.29, 0.717) is 10.4 Å². The van der Waals surface area contributed by atoms with Crippen LogP contribution in [0.1, 0.15) is 49.7 Å². The molecule has 1 heterocycles. The molecule has 3 heteroatoms. The van der Waals surface area contributed by atoms with Crippen molar-refractivity contribution in [3.05, 3.63) is 35.4 Å². The lowest BCUT2D eigenvalue weighted by molar-refractivity contribution is 0.103. The number of hydrogen-bond donors (Lipinski definition) is 1. The van der Waals surface area contributed by atoms with E-state index in [9.17, 15) is 0 Å². The van der Waals surface area contributed by atoms with E-state index in [1.807, 2.05) is 6.07 Å². The first-order chi connectivity index (χ1) is 9.67. The Labute approximate surface area is 127 Å². The number of rotatable bonds is 3. The lowest BCUT2D eigenvalue weighted by Gasteiger charge is -2.39. The molecule has 1 aromatic carbocycles. The SMILES string of the molecule is NC(=S)c1cccc(CN2CCC3(CCCC3)CC2)c1. The highest BCUT2D eigenvalue weighted by Crippen LogP contribution is 2.46. The number of nitrogens with two attached hydrogens (primary N) is 1. The van der Waals surface area contributed by atoms with Crippen molar-refractivity contribution in [1.82, 2.24) is 4.90 Å². The van der Waals surface area contributed by atoms with Crippen molar-refractivity contribution >= 4 is 17.2 Å². The van der Waals surface area contributed by atoms with Gasteiger partial charge in [0, 0.05) is 12.1 Å². The predicted octanol–water partition coefficient (Wildman–Crippen LogP) is 3.48. The van der Waals surface area contributed by atoms with Crippen molar-refractivity contribution in [2.45, 2.75) is 45.1 Å². The molecule has 108 valence electrons. The summed E-state index contributed by atoms with van der Waals surface area (Å²) >= 11 is 5.06. The number of piperidine rings is 1. The van der Waals surface area contributed by atoms with Gasteiger partial charge in [-0.3, -0.25) is 4.90 Å². The van der Waals surface area contributed by atoms with E-state index >= 15 is 0 Å². The molecule has 0 aromatic heterocycles.